The summed E-state index contributed by atoms with van der Waals surface area (Å²) in [5.74, 6) is 0.706. The number of carbonyl (C=O) groups excluding carboxylic acids is 2. The van der Waals surface area contributed by atoms with E-state index < -0.39 is 12.1 Å². The number of ketones is 1. The lowest BCUT2D eigenvalue weighted by Gasteiger charge is -2.10. The fourth-order valence-electron chi connectivity index (χ4n) is 4.81. The Labute approximate surface area is 245 Å². The molecule has 1 N–H and O–H groups in total. The number of hydrogen-bond donors (Lipinski definition) is 1. The molecule has 0 spiro atoms. The molecule has 220 valence electrons. The SMILES string of the molecule is CCCCCCCCCCCCCOc1ccc(-c2ccc(C(=O)Oc3ccc([C@@H](O)CC(C)=O)cc3)cc2)cc1. The number of unbranched alkanes of at least 4 members (excludes halogenated alkanes) is 10. The Morgan fingerprint density at radius 1 is 0.659 bits per heavy atom. The Kier molecular flexibility index (Phi) is 14.2. The van der Waals surface area contributed by atoms with E-state index in [1.165, 1.54) is 71.1 Å². The molecule has 3 rings (SSSR count). The fourth-order valence-corrected chi connectivity index (χ4v) is 4.81. The molecule has 0 aromatic heterocycles. The first kappa shape index (κ1) is 32.1. The van der Waals surface area contributed by atoms with Gasteiger partial charge in [0.05, 0.1) is 18.3 Å². The molecular formula is C36H46O5. The average molecular weight is 559 g/mol. The Hall–Kier alpha value is -3.44. The largest absolute Gasteiger partial charge is 0.494 e. The predicted molar refractivity (Wildman–Crippen MR) is 165 cm³/mol. The number of Topliss-reactive ketones (excluding diaryl/α,β-unsaturated/α-hetero) is 1. The lowest BCUT2D eigenvalue weighted by Crippen LogP contribution is -2.08. The summed E-state index contributed by atoms with van der Waals surface area (Å²) in [6.07, 6.45) is 13.8. The Balaban J connectivity index is 1.36. The minimum atomic E-state index is -0.861. The first-order valence-electron chi connectivity index (χ1n) is 15.3. The van der Waals surface area contributed by atoms with Crippen LogP contribution in [-0.4, -0.2) is 23.5 Å². The van der Waals surface area contributed by atoms with Crippen LogP contribution in [0.4, 0.5) is 0 Å². The number of esters is 1. The average Bonchev–Trinajstić information content (AvgIpc) is 2.98. The van der Waals surface area contributed by atoms with Crippen molar-refractivity contribution >= 4 is 11.8 Å². The van der Waals surface area contributed by atoms with Crippen molar-refractivity contribution in [1.82, 2.24) is 0 Å². The van der Waals surface area contributed by atoms with E-state index in [0.717, 1.165) is 29.9 Å². The molecule has 0 radical (unpaired) electrons. The highest BCUT2D eigenvalue weighted by Crippen LogP contribution is 2.25. The van der Waals surface area contributed by atoms with E-state index in [1.54, 1.807) is 36.4 Å². The summed E-state index contributed by atoms with van der Waals surface area (Å²) in [6.45, 7) is 4.45. The summed E-state index contributed by atoms with van der Waals surface area (Å²) in [7, 11) is 0. The number of carbonyl (C=O) groups is 2. The zero-order chi connectivity index (χ0) is 29.3. The maximum atomic E-state index is 12.6. The van der Waals surface area contributed by atoms with Crippen LogP contribution in [0.1, 0.15) is 113 Å². The Morgan fingerprint density at radius 2 is 1.15 bits per heavy atom. The van der Waals surface area contributed by atoms with Crippen molar-refractivity contribution in [2.45, 2.75) is 97.0 Å². The molecule has 0 unspecified atom stereocenters. The van der Waals surface area contributed by atoms with Gasteiger partial charge in [0, 0.05) is 6.42 Å². The second-order valence-electron chi connectivity index (χ2n) is 10.9. The van der Waals surface area contributed by atoms with Gasteiger partial charge in [-0.05, 0) is 66.4 Å². The van der Waals surface area contributed by atoms with E-state index in [9.17, 15) is 14.7 Å². The molecule has 0 aliphatic rings. The van der Waals surface area contributed by atoms with Crippen LogP contribution in [0.5, 0.6) is 11.5 Å². The number of aliphatic hydroxyl groups excluding tert-OH is 1. The summed E-state index contributed by atoms with van der Waals surface area (Å²) in [6, 6.07) is 21.9. The summed E-state index contributed by atoms with van der Waals surface area (Å²) in [5, 5.41) is 10.1. The van der Waals surface area contributed by atoms with Crippen molar-refractivity contribution in [2.75, 3.05) is 6.61 Å². The first-order valence-corrected chi connectivity index (χ1v) is 15.3. The van der Waals surface area contributed by atoms with E-state index in [1.807, 2.05) is 36.4 Å². The summed E-state index contributed by atoms with van der Waals surface area (Å²) in [4.78, 5) is 23.8. The molecule has 5 heteroatoms. The van der Waals surface area contributed by atoms with Crippen LogP contribution in [0.3, 0.4) is 0 Å². The standard InChI is InChI=1S/C36H46O5/c1-3-4-5-6-7-8-9-10-11-12-13-26-40-33-22-18-30(19-23-33)29-14-16-32(17-15-29)36(39)41-34-24-20-31(21-25-34)35(38)27-28(2)37/h14-25,35,38H,3-13,26-27H2,1-2H3/t35-/m0/s1. The van der Waals surface area contributed by atoms with Crippen molar-refractivity contribution < 1.29 is 24.2 Å². The van der Waals surface area contributed by atoms with E-state index in [0.29, 0.717) is 16.9 Å². The second-order valence-corrected chi connectivity index (χ2v) is 10.9. The monoisotopic (exact) mass is 558 g/mol. The Morgan fingerprint density at radius 3 is 1.68 bits per heavy atom. The molecule has 5 nitrogen and oxygen atoms in total. The number of rotatable bonds is 19. The normalized spacial score (nSPS) is 11.7. The predicted octanol–water partition coefficient (Wildman–Crippen LogP) is 9.28. The first-order chi connectivity index (χ1) is 20.0. The van der Waals surface area contributed by atoms with E-state index in [-0.39, 0.29) is 12.2 Å². The topological polar surface area (TPSA) is 72.8 Å². The number of ether oxygens (including phenoxy) is 2. The maximum absolute atomic E-state index is 12.6. The van der Waals surface area contributed by atoms with Gasteiger partial charge in [-0.3, -0.25) is 4.79 Å². The molecule has 0 saturated heterocycles. The van der Waals surface area contributed by atoms with Gasteiger partial charge >= 0.3 is 5.97 Å². The van der Waals surface area contributed by atoms with Gasteiger partial charge in [0.2, 0.25) is 0 Å². The molecular weight excluding hydrogens is 512 g/mol. The van der Waals surface area contributed by atoms with Gasteiger partial charge in [0.1, 0.15) is 17.3 Å². The second kappa shape index (κ2) is 18.1. The molecule has 0 fully saturated rings. The Bertz CT molecular complexity index is 1170. The van der Waals surface area contributed by atoms with Gasteiger partial charge in [-0.25, -0.2) is 4.79 Å². The van der Waals surface area contributed by atoms with Gasteiger partial charge in [0.15, 0.2) is 0 Å². The van der Waals surface area contributed by atoms with Gasteiger partial charge < -0.3 is 14.6 Å². The van der Waals surface area contributed by atoms with Crippen molar-refractivity contribution in [1.29, 1.82) is 0 Å². The highest BCUT2D eigenvalue weighted by atomic mass is 16.5. The molecule has 0 bridgehead atoms. The van der Waals surface area contributed by atoms with Crippen molar-refractivity contribution in [3.63, 3.8) is 0 Å². The van der Waals surface area contributed by atoms with Crippen LogP contribution in [0.2, 0.25) is 0 Å². The highest BCUT2D eigenvalue weighted by Gasteiger charge is 2.12. The van der Waals surface area contributed by atoms with Crippen LogP contribution in [0.15, 0.2) is 72.8 Å². The lowest BCUT2D eigenvalue weighted by molar-refractivity contribution is -0.118. The molecule has 0 heterocycles. The minimum absolute atomic E-state index is 0.0562. The van der Waals surface area contributed by atoms with Gasteiger partial charge in [0.25, 0.3) is 0 Å². The van der Waals surface area contributed by atoms with Gasteiger partial charge in [-0.2, -0.15) is 0 Å². The third-order valence-electron chi connectivity index (χ3n) is 7.28. The van der Waals surface area contributed by atoms with Crippen LogP contribution in [0.25, 0.3) is 11.1 Å². The maximum Gasteiger partial charge on any atom is 0.343 e. The van der Waals surface area contributed by atoms with Crippen molar-refractivity contribution in [2.24, 2.45) is 0 Å². The van der Waals surface area contributed by atoms with Crippen LogP contribution < -0.4 is 9.47 Å². The molecule has 0 aliphatic heterocycles. The zero-order valence-electron chi connectivity index (χ0n) is 24.8. The van der Waals surface area contributed by atoms with E-state index in [4.69, 9.17) is 9.47 Å². The minimum Gasteiger partial charge on any atom is -0.494 e. The molecule has 0 amide bonds. The van der Waals surface area contributed by atoms with Gasteiger partial charge in [-0.1, -0.05) is 108 Å². The van der Waals surface area contributed by atoms with Crippen molar-refractivity contribution in [3.05, 3.63) is 83.9 Å². The van der Waals surface area contributed by atoms with E-state index in [2.05, 4.69) is 6.92 Å². The van der Waals surface area contributed by atoms with Crippen LogP contribution in [0, 0.1) is 0 Å². The molecule has 3 aromatic rings. The van der Waals surface area contributed by atoms with Crippen molar-refractivity contribution in [3.8, 4) is 22.6 Å². The highest BCUT2D eigenvalue weighted by molar-refractivity contribution is 5.91. The number of aliphatic hydroxyl groups is 1. The van der Waals surface area contributed by atoms with Crippen LogP contribution in [-0.2, 0) is 4.79 Å². The summed E-state index contributed by atoms with van der Waals surface area (Å²) < 4.78 is 11.4. The lowest BCUT2D eigenvalue weighted by atomic mass is 10.0. The molecule has 41 heavy (non-hydrogen) atoms. The summed E-state index contributed by atoms with van der Waals surface area (Å²) >= 11 is 0. The third-order valence-corrected chi connectivity index (χ3v) is 7.28. The quantitative estimate of drug-likeness (QED) is 0.0901. The summed E-state index contributed by atoms with van der Waals surface area (Å²) in [5.41, 5.74) is 3.10. The van der Waals surface area contributed by atoms with Crippen LogP contribution >= 0.6 is 0 Å². The zero-order valence-corrected chi connectivity index (χ0v) is 24.8. The smallest absolute Gasteiger partial charge is 0.343 e. The van der Waals surface area contributed by atoms with E-state index >= 15 is 0 Å². The molecule has 0 saturated carbocycles. The fraction of sp³-hybridized carbons (Fsp3) is 0.444. The third kappa shape index (κ3) is 11.9. The number of hydrogen-bond acceptors (Lipinski definition) is 5. The molecule has 3 aromatic carbocycles. The van der Waals surface area contributed by atoms with Gasteiger partial charge in [-0.15, -0.1) is 0 Å². The molecule has 1 atom stereocenters. The number of benzene rings is 3. The molecule has 0 aliphatic carbocycles.